The van der Waals surface area contributed by atoms with Gasteiger partial charge in [-0.25, -0.2) is 0 Å². The van der Waals surface area contributed by atoms with Crippen molar-refractivity contribution >= 4 is 11.6 Å². The van der Waals surface area contributed by atoms with Crippen LogP contribution in [0.3, 0.4) is 0 Å². The minimum absolute atomic E-state index is 0.0945. The third-order valence-electron chi connectivity index (χ3n) is 3.86. The Labute approximate surface area is 144 Å². The zero-order valence-electron chi connectivity index (χ0n) is 14.8. The largest absolute Gasteiger partial charge is 0.481 e. The average Bonchev–Trinajstić information content (AvgIpc) is 2.55. The van der Waals surface area contributed by atoms with Gasteiger partial charge in [-0.1, -0.05) is 45.0 Å². The van der Waals surface area contributed by atoms with Crippen LogP contribution < -0.4 is 15.8 Å². The Kier molecular flexibility index (Phi) is 5.62. The minimum Gasteiger partial charge on any atom is -0.481 e. The lowest BCUT2D eigenvalue weighted by Gasteiger charge is -2.20. The Morgan fingerprint density at radius 1 is 1.08 bits per heavy atom. The van der Waals surface area contributed by atoms with Crippen LogP contribution in [0.15, 0.2) is 48.5 Å². The molecule has 1 unspecified atom stereocenters. The van der Waals surface area contributed by atoms with Gasteiger partial charge < -0.3 is 15.8 Å². The zero-order chi connectivity index (χ0) is 17.7. The van der Waals surface area contributed by atoms with Gasteiger partial charge in [0.2, 0.25) is 0 Å². The van der Waals surface area contributed by atoms with E-state index < -0.39 is 6.10 Å². The molecule has 0 fully saturated rings. The molecule has 2 aromatic carbocycles. The number of benzene rings is 2. The highest BCUT2D eigenvalue weighted by atomic mass is 16.5. The van der Waals surface area contributed by atoms with E-state index in [0.29, 0.717) is 12.3 Å². The van der Waals surface area contributed by atoms with Gasteiger partial charge in [0.05, 0.1) is 0 Å². The van der Waals surface area contributed by atoms with E-state index in [1.165, 1.54) is 5.56 Å². The summed E-state index contributed by atoms with van der Waals surface area (Å²) in [7, 11) is 0. The molecule has 0 heterocycles. The number of hydrogen-bond donors (Lipinski definition) is 2. The van der Waals surface area contributed by atoms with Gasteiger partial charge in [-0.15, -0.1) is 0 Å². The van der Waals surface area contributed by atoms with Gasteiger partial charge in [0, 0.05) is 12.2 Å². The Morgan fingerprint density at radius 2 is 1.67 bits per heavy atom. The molecule has 0 aromatic heterocycles. The second-order valence-electron chi connectivity index (χ2n) is 6.92. The van der Waals surface area contributed by atoms with Gasteiger partial charge >= 0.3 is 0 Å². The number of amides is 1. The van der Waals surface area contributed by atoms with Crippen LogP contribution in [0.4, 0.5) is 5.69 Å². The molecule has 128 valence electrons. The standard InChI is InChI=1S/C20H26N2O2/c1-14(19(23)22-17-9-5-15(13-21)6-10-17)24-18-11-7-16(8-12-18)20(2,3)4/h5-12,14H,13,21H2,1-4H3,(H,22,23). The summed E-state index contributed by atoms with van der Waals surface area (Å²) in [4.78, 5) is 12.2. The number of carbonyl (C=O) groups is 1. The van der Waals surface area contributed by atoms with Crippen LogP contribution in [0.25, 0.3) is 0 Å². The van der Waals surface area contributed by atoms with E-state index in [1.54, 1.807) is 6.92 Å². The number of nitrogens with one attached hydrogen (secondary N) is 1. The number of anilines is 1. The first-order valence-corrected chi connectivity index (χ1v) is 8.16. The fourth-order valence-electron chi connectivity index (χ4n) is 2.26. The highest BCUT2D eigenvalue weighted by molar-refractivity contribution is 5.94. The fraction of sp³-hybridized carbons (Fsp3) is 0.350. The Hall–Kier alpha value is -2.33. The minimum atomic E-state index is -0.584. The molecule has 0 bridgehead atoms. The molecular weight excluding hydrogens is 300 g/mol. The first-order chi connectivity index (χ1) is 11.3. The second-order valence-corrected chi connectivity index (χ2v) is 6.92. The van der Waals surface area contributed by atoms with Crippen molar-refractivity contribution in [3.05, 3.63) is 59.7 Å². The molecule has 0 aliphatic heterocycles. The predicted octanol–water partition coefficient (Wildman–Crippen LogP) is 3.85. The van der Waals surface area contributed by atoms with E-state index >= 15 is 0 Å². The van der Waals surface area contributed by atoms with Crippen molar-refractivity contribution in [1.82, 2.24) is 0 Å². The van der Waals surface area contributed by atoms with Gasteiger partial charge in [-0.05, 0) is 47.7 Å². The molecule has 24 heavy (non-hydrogen) atoms. The van der Waals surface area contributed by atoms with E-state index in [9.17, 15) is 4.79 Å². The number of rotatable bonds is 5. The van der Waals surface area contributed by atoms with E-state index in [4.69, 9.17) is 10.5 Å². The van der Waals surface area contributed by atoms with Crippen molar-refractivity contribution in [3.8, 4) is 5.75 Å². The predicted molar refractivity (Wildman–Crippen MR) is 98.2 cm³/mol. The molecule has 0 aliphatic carbocycles. The molecule has 0 radical (unpaired) electrons. The highest BCUT2D eigenvalue weighted by Crippen LogP contribution is 2.24. The smallest absolute Gasteiger partial charge is 0.265 e. The lowest BCUT2D eigenvalue weighted by molar-refractivity contribution is -0.122. The summed E-state index contributed by atoms with van der Waals surface area (Å²) >= 11 is 0. The number of ether oxygens (including phenoxy) is 1. The quantitative estimate of drug-likeness (QED) is 0.877. The van der Waals surface area contributed by atoms with Gasteiger partial charge in [-0.3, -0.25) is 4.79 Å². The van der Waals surface area contributed by atoms with E-state index in [1.807, 2.05) is 48.5 Å². The average molecular weight is 326 g/mol. The molecule has 4 heteroatoms. The van der Waals surface area contributed by atoms with Gasteiger partial charge in [0.15, 0.2) is 6.10 Å². The molecule has 1 atom stereocenters. The maximum Gasteiger partial charge on any atom is 0.265 e. The summed E-state index contributed by atoms with van der Waals surface area (Å²) in [5, 5.41) is 2.84. The molecular formula is C20H26N2O2. The maximum atomic E-state index is 12.2. The van der Waals surface area contributed by atoms with Crippen molar-refractivity contribution in [2.24, 2.45) is 5.73 Å². The summed E-state index contributed by atoms with van der Waals surface area (Å²) in [6, 6.07) is 15.3. The molecule has 3 N–H and O–H groups in total. The molecule has 2 rings (SSSR count). The van der Waals surface area contributed by atoms with Crippen LogP contribution in [0.5, 0.6) is 5.75 Å². The molecule has 0 saturated heterocycles. The molecule has 2 aromatic rings. The number of nitrogens with two attached hydrogens (primary N) is 1. The monoisotopic (exact) mass is 326 g/mol. The lowest BCUT2D eigenvalue weighted by Crippen LogP contribution is -2.30. The summed E-state index contributed by atoms with van der Waals surface area (Å²) < 4.78 is 5.73. The highest BCUT2D eigenvalue weighted by Gasteiger charge is 2.16. The maximum absolute atomic E-state index is 12.2. The van der Waals surface area contributed by atoms with Crippen molar-refractivity contribution in [2.45, 2.75) is 45.8 Å². The van der Waals surface area contributed by atoms with Crippen LogP contribution in [-0.4, -0.2) is 12.0 Å². The Morgan fingerprint density at radius 3 is 2.17 bits per heavy atom. The summed E-state index contributed by atoms with van der Waals surface area (Å²) in [6.45, 7) is 8.71. The molecule has 0 aliphatic rings. The third-order valence-corrected chi connectivity index (χ3v) is 3.86. The van der Waals surface area contributed by atoms with Crippen LogP contribution in [0.1, 0.15) is 38.8 Å². The number of carbonyl (C=O) groups excluding carboxylic acids is 1. The topological polar surface area (TPSA) is 64.3 Å². The van der Waals surface area contributed by atoms with Crippen LogP contribution >= 0.6 is 0 Å². The van der Waals surface area contributed by atoms with Crippen LogP contribution in [-0.2, 0) is 16.8 Å². The number of hydrogen-bond acceptors (Lipinski definition) is 3. The van der Waals surface area contributed by atoms with Crippen molar-refractivity contribution in [1.29, 1.82) is 0 Å². The van der Waals surface area contributed by atoms with Crippen molar-refractivity contribution in [2.75, 3.05) is 5.32 Å². The normalized spacial score (nSPS) is 12.5. The molecule has 0 spiro atoms. The molecule has 1 amide bonds. The fourth-order valence-corrected chi connectivity index (χ4v) is 2.26. The van der Waals surface area contributed by atoms with Crippen molar-refractivity contribution < 1.29 is 9.53 Å². The summed E-state index contributed by atoms with van der Waals surface area (Å²) in [5.41, 5.74) is 8.64. The lowest BCUT2D eigenvalue weighted by atomic mass is 9.87. The van der Waals surface area contributed by atoms with E-state index in [2.05, 4.69) is 26.1 Å². The Bertz CT molecular complexity index is 670. The third kappa shape index (κ3) is 4.83. The first kappa shape index (κ1) is 18.0. The molecule has 0 saturated carbocycles. The summed E-state index contributed by atoms with van der Waals surface area (Å²) in [6.07, 6.45) is -0.584. The zero-order valence-corrected chi connectivity index (χ0v) is 14.8. The van der Waals surface area contributed by atoms with Crippen LogP contribution in [0, 0.1) is 0 Å². The van der Waals surface area contributed by atoms with E-state index in [-0.39, 0.29) is 11.3 Å². The SMILES string of the molecule is CC(Oc1ccc(C(C)(C)C)cc1)C(=O)Nc1ccc(CN)cc1. The molecule has 4 nitrogen and oxygen atoms in total. The van der Waals surface area contributed by atoms with Crippen LogP contribution in [0.2, 0.25) is 0 Å². The van der Waals surface area contributed by atoms with E-state index in [0.717, 1.165) is 11.3 Å². The van der Waals surface area contributed by atoms with Gasteiger partial charge in [-0.2, -0.15) is 0 Å². The first-order valence-electron chi connectivity index (χ1n) is 8.16. The van der Waals surface area contributed by atoms with Gasteiger partial charge in [0.1, 0.15) is 5.75 Å². The second kappa shape index (κ2) is 7.49. The summed E-state index contributed by atoms with van der Waals surface area (Å²) in [5.74, 6) is 0.500. The Balaban J connectivity index is 1.95. The van der Waals surface area contributed by atoms with Crippen molar-refractivity contribution in [3.63, 3.8) is 0 Å². The van der Waals surface area contributed by atoms with Gasteiger partial charge in [0.25, 0.3) is 5.91 Å².